The van der Waals surface area contributed by atoms with Crippen LogP contribution in [0.4, 0.5) is 0 Å². The van der Waals surface area contributed by atoms with Gasteiger partial charge in [-0.25, -0.2) is 0 Å². The van der Waals surface area contributed by atoms with Gasteiger partial charge < -0.3 is 9.80 Å². The fraction of sp³-hybridized carbons (Fsp3) is 0.632. The minimum atomic E-state index is 0.457. The third-order valence-corrected chi connectivity index (χ3v) is 5.31. The number of rotatable bonds is 2. The molecular formula is C19H30N4. The molecule has 0 N–H and O–H groups in total. The second kappa shape index (κ2) is 6.91. The molecule has 4 heteroatoms. The lowest BCUT2D eigenvalue weighted by atomic mass is 9.79. The highest BCUT2D eigenvalue weighted by Gasteiger charge is 2.42. The fourth-order valence-corrected chi connectivity index (χ4v) is 4.35. The summed E-state index contributed by atoms with van der Waals surface area (Å²) in [7, 11) is 6.09. The average molecular weight is 314 g/mol. The molecule has 0 aliphatic carbocycles. The highest BCUT2D eigenvalue weighted by Crippen LogP contribution is 2.39. The highest BCUT2D eigenvalue weighted by molar-refractivity contribution is 5.79. The van der Waals surface area contributed by atoms with Crippen molar-refractivity contribution in [2.24, 2.45) is 10.4 Å². The maximum Gasteiger partial charge on any atom is 0.195 e. The van der Waals surface area contributed by atoms with E-state index in [4.69, 9.17) is 0 Å². The second-order valence-corrected chi connectivity index (χ2v) is 7.39. The zero-order valence-electron chi connectivity index (χ0n) is 14.8. The molecule has 3 rings (SSSR count). The van der Waals surface area contributed by atoms with Gasteiger partial charge in [0.05, 0.1) is 0 Å². The Kier molecular flexibility index (Phi) is 4.90. The maximum atomic E-state index is 4.49. The summed E-state index contributed by atoms with van der Waals surface area (Å²) in [6.45, 7) is 5.85. The Morgan fingerprint density at radius 1 is 1.13 bits per heavy atom. The molecule has 0 saturated carbocycles. The van der Waals surface area contributed by atoms with Crippen molar-refractivity contribution in [3.8, 4) is 0 Å². The topological polar surface area (TPSA) is 22.1 Å². The van der Waals surface area contributed by atoms with E-state index in [1.54, 1.807) is 0 Å². The normalized spacial score (nSPS) is 26.0. The van der Waals surface area contributed by atoms with Crippen molar-refractivity contribution in [3.05, 3.63) is 35.9 Å². The Balaban J connectivity index is 1.64. The van der Waals surface area contributed by atoms with E-state index < -0.39 is 0 Å². The summed E-state index contributed by atoms with van der Waals surface area (Å²) in [5.41, 5.74) is 1.89. The molecular weight excluding hydrogens is 284 g/mol. The molecule has 0 amide bonds. The number of hydrogen-bond donors (Lipinski definition) is 0. The van der Waals surface area contributed by atoms with Crippen LogP contribution >= 0.6 is 0 Å². The first kappa shape index (κ1) is 16.3. The zero-order chi connectivity index (χ0) is 16.3. The number of guanidine groups is 1. The van der Waals surface area contributed by atoms with Crippen molar-refractivity contribution in [1.29, 1.82) is 0 Å². The molecule has 2 heterocycles. The third-order valence-electron chi connectivity index (χ3n) is 5.31. The standard InChI is InChI=1S/C19H30N4/c1-20-18(21(2)3)23-13-11-19(16-23)10-7-12-22(15-19)14-17-8-5-4-6-9-17/h4-6,8-9H,7,10-16H2,1-3H3. The predicted molar refractivity (Wildman–Crippen MR) is 96.6 cm³/mol. The summed E-state index contributed by atoms with van der Waals surface area (Å²) in [6.07, 6.45) is 3.98. The van der Waals surface area contributed by atoms with Crippen molar-refractivity contribution in [2.75, 3.05) is 47.3 Å². The molecule has 2 fully saturated rings. The molecule has 1 atom stereocenters. The lowest BCUT2D eigenvalue weighted by Gasteiger charge is -2.40. The van der Waals surface area contributed by atoms with E-state index in [-0.39, 0.29) is 0 Å². The van der Waals surface area contributed by atoms with Gasteiger partial charge in [-0.15, -0.1) is 0 Å². The summed E-state index contributed by atoms with van der Waals surface area (Å²) in [6, 6.07) is 10.9. The van der Waals surface area contributed by atoms with Crippen molar-refractivity contribution in [3.63, 3.8) is 0 Å². The largest absolute Gasteiger partial charge is 0.349 e. The van der Waals surface area contributed by atoms with E-state index in [2.05, 4.69) is 64.1 Å². The molecule has 4 nitrogen and oxygen atoms in total. The Bertz CT molecular complexity index is 540. The number of piperidine rings is 1. The van der Waals surface area contributed by atoms with Crippen LogP contribution in [0.5, 0.6) is 0 Å². The van der Waals surface area contributed by atoms with E-state index in [1.807, 2.05) is 7.05 Å². The van der Waals surface area contributed by atoms with Crippen LogP contribution < -0.4 is 0 Å². The van der Waals surface area contributed by atoms with E-state index in [1.165, 1.54) is 37.9 Å². The number of nitrogens with zero attached hydrogens (tertiary/aromatic N) is 4. The lowest BCUT2D eigenvalue weighted by Crippen LogP contribution is -2.46. The molecule has 0 aromatic heterocycles. The van der Waals surface area contributed by atoms with E-state index in [0.29, 0.717) is 5.41 Å². The minimum absolute atomic E-state index is 0.457. The highest BCUT2D eigenvalue weighted by atomic mass is 15.4. The monoisotopic (exact) mass is 314 g/mol. The summed E-state index contributed by atoms with van der Waals surface area (Å²) in [4.78, 5) is 11.8. The SMILES string of the molecule is CN=C(N(C)C)N1CCC2(CCCN(Cc3ccccc3)C2)C1. The lowest BCUT2D eigenvalue weighted by molar-refractivity contribution is 0.0921. The van der Waals surface area contributed by atoms with Crippen LogP contribution in [-0.2, 0) is 6.54 Å². The quantitative estimate of drug-likeness (QED) is 0.618. The van der Waals surface area contributed by atoms with Gasteiger partial charge in [0.25, 0.3) is 0 Å². The van der Waals surface area contributed by atoms with Gasteiger partial charge in [-0.1, -0.05) is 30.3 Å². The van der Waals surface area contributed by atoms with Gasteiger partial charge in [-0.3, -0.25) is 9.89 Å². The Hall–Kier alpha value is -1.55. The molecule has 2 aliphatic heterocycles. The van der Waals surface area contributed by atoms with Crippen LogP contribution in [-0.4, -0.2) is 68.0 Å². The maximum absolute atomic E-state index is 4.49. The summed E-state index contributed by atoms with van der Waals surface area (Å²) < 4.78 is 0. The molecule has 23 heavy (non-hydrogen) atoms. The molecule has 2 aliphatic rings. The molecule has 1 aromatic rings. The van der Waals surface area contributed by atoms with Gasteiger partial charge >= 0.3 is 0 Å². The molecule has 1 aromatic carbocycles. The summed E-state index contributed by atoms with van der Waals surface area (Å²) in [5, 5.41) is 0. The average Bonchev–Trinajstić information content (AvgIpc) is 2.92. The van der Waals surface area contributed by atoms with Crippen LogP contribution in [0, 0.1) is 5.41 Å². The van der Waals surface area contributed by atoms with Gasteiger partial charge in [-0.2, -0.15) is 0 Å². The van der Waals surface area contributed by atoms with Gasteiger partial charge in [0.15, 0.2) is 5.96 Å². The van der Waals surface area contributed by atoms with Crippen molar-refractivity contribution in [2.45, 2.75) is 25.8 Å². The molecule has 2 saturated heterocycles. The van der Waals surface area contributed by atoms with Gasteiger partial charge in [0.2, 0.25) is 0 Å². The fourth-order valence-electron chi connectivity index (χ4n) is 4.35. The molecule has 1 unspecified atom stereocenters. The van der Waals surface area contributed by atoms with E-state index >= 15 is 0 Å². The smallest absolute Gasteiger partial charge is 0.195 e. The summed E-state index contributed by atoms with van der Waals surface area (Å²) >= 11 is 0. The Labute approximate surface area is 140 Å². The summed E-state index contributed by atoms with van der Waals surface area (Å²) in [5.74, 6) is 1.13. The van der Waals surface area contributed by atoms with Gasteiger partial charge in [-0.05, 0) is 31.4 Å². The van der Waals surface area contributed by atoms with Crippen LogP contribution in [0.15, 0.2) is 35.3 Å². The van der Waals surface area contributed by atoms with E-state index in [0.717, 1.165) is 25.6 Å². The Morgan fingerprint density at radius 2 is 1.91 bits per heavy atom. The first-order chi connectivity index (χ1) is 11.1. The molecule has 126 valence electrons. The van der Waals surface area contributed by atoms with E-state index in [9.17, 15) is 0 Å². The van der Waals surface area contributed by atoms with Crippen molar-refractivity contribution < 1.29 is 0 Å². The van der Waals surface area contributed by atoms with Crippen LogP contribution in [0.2, 0.25) is 0 Å². The van der Waals surface area contributed by atoms with Crippen LogP contribution in [0.1, 0.15) is 24.8 Å². The first-order valence-electron chi connectivity index (χ1n) is 8.77. The third kappa shape index (κ3) is 3.69. The number of benzene rings is 1. The molecule has 1 spiro atoms. The first-order valence-corrected chi connectivity index (χ1v) is 8.77. The molecule has 0 bridgehead atoms. The van der Waals surface area contributed by atoms with Gasteiger partial charge in [0.1, 0.15) is 0 Å². The van der Waals surface area contributed by atoms with Crippen LogP contribution in [0.25, 0.3) is 0 Å². The molecule has 0 radical (unpaired) electrons. The van der Waals surface area contributed by atoms with Crippen LogP contribution in [0.3, 0.4) is 0 Å². The van der Waals surface area contributed by atoms with Gasteiger partial charge in [0, 0.05) is 52.7 Å². The van der Waals surface area contributed by atoms with Crippen molar-refractivity contribution in [1.82, 2.24) is 14.7 Å². The minimum Gasteiger partial charge on any atom is -0.349 e. The zero-order valence-corrected chi connectivity index (χ0v) is 14.8. The predicted octanol–water partition coefficient (Wildman–Crippen LogP) is 2.52. The van der Waals surface area contributed by atoms with Crippen molar-refractivity contribution >= 4 is 5.96 Å². The number of aliphatic imine (C=N–C) groups is 1. The number of hydrogen-bond acceptors (Lipinski definition) is 2. The number of likely N-dealkylation sites (tertiary alicyclic amines) is 2. The Morgan fingerprint density at radius 3 is 2.61 bits per heavy atom. The second-order valence-electron chi connectivity index (χ2n) is 7.39.